The van der Waals surface area contributed by atoms with Crippen molar-refractivity contribution in [1.82, 2.24) is 15.2 Å². The minimum atomic E-state index is 0.207. The molecule has 1 aromatic heterocycles. The summed E-state index contributed by atoms with van der Waals surface area (Å²) < 4.78 is 0. The third-order valence-corrected chi connectivity index (χ3v) is 4.23. The summed E-state index contributed by atoms with van der Waals surface area (Å²) in [6, 6.07) is 0. The van der Waals surface area contributed by atoms with Crippen LogP contribution < -0.4 is 10.6 Å². The van der Waals surface area contributed by atoms with Crippen molar-refractivity contribution in [2.24, 2.45) is 11.1 Å². The molecule has 1 aliphatic rings. The van der Waals surface area contributed by atoms with Gasteiger partial charge in [-0.25, -0.2) is 0 Å². The summed E-state index contributed by atoms with van der Waals surface area (Å²) in [5, 5.41) is 7.37. The fourth-order valence-corrected chi connectivity index (χ4v) is 2.79. The van der Waals surface area contributed by atoms with Gasteiger partial charge in [0.25, 0.3) is 0 Å². The van der Waals surface area contributed by atoms with Gasteiger partial charge in [-0.3, -0.25) is 5.10 Å². The fraction of sp³-hybridized carbons (Fsp3) is 0.833. The predicted octanol–water partition coefficient (Wildman–Crippen LogP) is 1.28. The summed E-state index contributed by atoms with van der Waals surface area (Å²) in [7, 11) is 0. The largest absolute Gasteiger partial charge is 0.339 e. The smallest absolute Gasteiger partial charge is 0.244 e. The molecule has 1 unspecified atom stereocenters. The van der Waals surface area contributed by atoms with E-state index in [0.717, 1.165) is 43.6 Å². The summed E-state index contributed by atoms with van der Waals surface area (Å²) in [6.45, 7) is 4.98. The molecule has 1 saturated heterocycles. The van der Waals surface area contributed by atoms with Crippen LogP contribution in [0.2, 0.25) is 0 Å². The van der Waals surface area contributed by atoms with Crippen LogP contribution in [0, 0.1) is 5.41 Å². The van der Waals surface area contributed by atoms with Crippen molar-refractivity contribution in [2.75, 3.05) is 36.5 Å². The Bertz CT molecular complexity index is 380. The van der Waals surface area contributed by atoms with Crippen LogP contribution in [0.15, 0.2) is 0 Å². The summed E-state index contributed by atoms with van der Waals surface area (Å²) >= 11 is 1.83. The van der Waals surface area contributed by atoms with E-state index < -0.39 is 0 Å². The number of aromatic nitrogens is 3. The molecule has 102 valence electrons. The Labute approximate surface area is 113 Å². The molecule has 0 aromatic carbocycles. The molecular weight excluding hydrogens is 246 g/mol. The van der Waals surface area contributed by atoms with E-state index in [9.17, 15) is 0 Å². The standard InChI is InChI=1S/C12H23N5S/c1-12(8-13)5-3-6-17(9-12)11-14-10(15-16-11)4-7-18-2/h3-9,13H2,1-2H3,(H,14,15,16). The van der Waals surface area contributed by atoms with Gasteiger partial charge < -0.3 is 10.6 Å². The minimum Gasteiger partial charge on any atom is -0.339 e. The zero-order valence-electron chi connectivity index (χ0n) is 11.3. The van der Waals surface area contributed by atoms with Crippen molar-refractivity contribution in [2.45, 2.75) is 26.2 Å². The molecule has 0 spiro atoms. The average Bonchev–Trinajstić information content (AvgIpc) is 2.85. The highest BCUT2D eigenvalue weighted by molar-refractivity contribution is 7.98. The molecule has 0 aliphatic carbocycles. The number of hydrogen-bond acceptors (Lipinski definition) is 5. The van der Waals surface area contributed by atoms with E-state index in [0.29, 0.717) is 0 Å². The number of thioether (sulfide) groups is 1. The van der Waals surface area contributed by atoms with Crippen molar-refractivity contribution in [3.8, 4) is 0 Å². The summed E-state index contributed by atoms with van der Waals surface area (Å²) in [4.78, 5) is 6.84. The SMILES string of the molecule is CSCCc1nc(N2CCCC(C)(CN)C2)n[nH]1. The number of H-pyrrole nitrogens is 1. The van der Waals surface area contributed by atoms with Crippen LogP contribution in [0.25, 0.3) is 0 Å². The van der Waals surface area contributed by atoms with Gasteiger partial charge in [0.1, 0.15) is 5.82 Å². The van der Waals surface area contributed by atoms with E-state index >= 15 is 0 Å². The maximum absolute atomic E-state index is 5.87. The van der Waals surface area contributed by atoms with Gasteiger partial charge >= 0.3 is 0 Å². The second-order valence-electron chi connectivity index (χ2n) is 5.36. The summed E-state index contributed by atoms with van der Waals surface area (Å²) in [5.41, 5.74) is 6.08. The number of nitrogens with two attached hydrogens (primary N) is 1. The Morgan fingerprint density at radius 2 is 2.39 bits per heavy atom. The van der Waals surface area contributed by atoms with Crippen LogP contribution >= 0.6 is 11.8 Å². The Morgan fingerprint density at radius 1 is 1.56 bits per heavy atom. The van der Waals surface area contributed by atoms with Crippen molar-refractivity contribution >= 4 is 17.7 Å². The van der Waals surface area contributed by atoms with Crippen molar-refractivity contribution in [1.29, 1.82) is 0 Å². The van der Waals surface area contributed by atoms with Gasteiger partial charge in [0.2, 0.25) is 5.95 Å². The van der Waals surface area contributed by atoms with E-state index in [1.54, 1.807) is 0 Å². The van der Waals surface area contributed by atoms with Gasteiger partial charge in [0.15, 0.2) is 0 Å². The van der Waals surface area contributed by atoms with Crippen LogP contribution in [0.1, 0.15) is 25.6 Å². The number of anilines is 1. The fourth-order valence-electron chi connectivity index (χ4n) is 2.39. The molecule has 18 heavy (non-hydrogen) atoms. The Balaban J connectivity index is 2.00. The lowest BCUT2D eigenvalue weighted by Gasteiger charge is -2.39. The van der Waals surface area contributed by atoms with Gasteiger partial charge in [0, 0.05) is 25.3 Å². The van der Waals surface area contributed by atoms with E-state index in [1.165, 1.54) is 12.8 Å². The van der Waals surface area contributed by atoms with Crippen LogP contribution in [0.4, 0.5) is 5.95 Å². The van der Waals surface area contributed by atoms with Gasteiger partial charge in [-0.2, -0.15) is 16.7 Å². The number of nitrogens with one attached hydrogen (secondary N) is 1. The van der Waals surface area contributed by atoms with E-state index in [2.05, 4.69) is 33.3 Å². The highest BCUT2D eigenvalue weighted by atomic mass is 32.2. The molecule has 1 atom stereocenters. The van der Waals surface area contributed by atoms with Crippen molar-refractivity contribution in [3.05, 3.63) is 5.82 Å². The summed E-state index contributed by atoms with van der Waals surface area (Å²) in [6.07, 6.45) is 5.43. The molecule has 0 saturated carbocycles. The Morgan fingerprint density at radius 3 is 3.11 bits per heavy atom. The molecule has 6 heteroatoms. The van der Waals surface area contributed by atoms with Gasteiger partial charge in [-0.1, -0.05) is 6.92 Å². The first-order valence-electron chi connectivity index (χ1n) is 6.52. The third kappa shape index (κ3) is 3.17. The second-order valence-corrected chi connectivity index (χ2v) is 6.35. The molecule has 2 heterocycles. The molecule has 0 bridgehead atoms. The normalized spacial score (nSPS) is 24.5. The zero-order chi connectivity index (χ0) is 13.0. The van der Waals surface area contributed by atoms with E-state index in [1.807, 2.05) is 11.8 Å². The lowest BCUT2D eigenvalue weighted by Crippen LogP contribution is -2.46. The van der Waals surface area contributed by atoms with E-state index in [-0.39, 0.29) is 5.41 Å². The van der Waals surface area contributed by atoms with Crippen molar-refractivity contribution in [3.63, 3.8) is 0 Å². The van der Waals surface area contributed by atoms with Crippen LogP contribution in [0.3, 0.4) is 0 Å². The topological polar surface area (TPSA) is 70.8 Å². The first kappa shape index (κ1) is 13.7. The number of piperidine rings is 1. The molecule has 0 radical (unpaired) electrons. The molecule has 5 nitrogen and oxygen atoms in total. The Kier molecular flexibility index (Phi) is 4.50. The van der Waals surface area contributed by atoms with Gasteiger partial charge in [0.05, 0.1) is 0 Å². The van der Waals surface area contributed by atoms with Gasteiger partial charge in [-0.15, -0.1) is 5.10 Å². The maximum Gasteiger partial charge on any atom is 0.244 e. The van der Waals surface area contributed by atoms with Crippen LogP contribution in [-0.4, -0.2) is 46.8 Å². The lowest BCUT2D eigenvalue weighted by molar-refractivity contribution is 0.270. The number of rotatable bonds is 5. The zero-order valence-corrected chi connectivity index (χ0v) is 12.1. The molecular formula is C12H23N5S. The second kappa shape index (κ2) is 5.93. The average molecular weight is 269 g/mol. The third-order valence-electron chi connectivity index (χ3n) is 3.62. The summed E-state index contributed by atoms with van der Waals surface area (Å²) in [5.74, 6) is 2.90. The monoisotopic (exact) mass is 269 g/mol. The first-order valence-corrected chi connectivity index (χ1v) is 7.91. The lowest BCUT2D eigenvalue weighted by atomic mass is 9.82. The number of hydrogen-bond donors (Lipinski definition) is 2. The van der Waals surface area contributed by atoms with E-state index in [4.69, 9.17) is 5.73 Å². The van der Waals surface area contributed by atoms with Gasteiger partial charge in [-0.05, 0) is 31.1 Å². The van der Waals surface area contributed by atoms with Crippen molar-refractivity contribution < 1.29 is 0 Å². The number of aromatic amines is 1. The first-order chi connectivity index (χ1) is 8.67. The van der Waals surface area contributed by atoms with Crippen LogP contribution in [-0.2, 0) is 6.42 Å². The molecule has 1 aromatic rings. The molecule has 1 fully saturated rings. The quantitative estimate of drug-likeness (QED) is 0.842. The molecule has 3 N–H and O–H groups in total. The Hall–Kier alpha value is -0.750. The predicted molar refractivity (Wildman–Crippen MR) is 77.1 cm³/mol. The highest BCUT2D eigenvalue weighted by Gasteiger charge is 2.31. The highest BCUT2D eigenvalue weighted by Crippen LogP contribution is 2.29. The molecule has 1 aliphatic heterocycles. The number of nitrogens with zero attached hydrogens (tertiary/aromatic N) is 3. The molecule has 0 amide bonds. The number of aryl methyl sites for hydroxylation is 1. The van der Waals surface area contributed by atoms with Crippen LogP contribution in [0.5, 0.6) is 0 Å². The molecule has 2 rings (SSSR count). The minimum absolute atomic E-state index is 0.207. The maximum atomic E-state index is 5.87.